The first-order valence-electron chi connectivity index (χ1n) is 5.57. The zero-order valence-electron chi connectivity index (χ0n) is 9.84. The molecular weight excluding hydrogens is 172 g/mol. The van der Waals surface area contributed by atoms with Crippen molar-refractivity contribution in [2.75, 3.05) is 13.1 Å². The molecule has 0 amide bonds. The highest BCUT2D eigenvalue weighted by molar-refractivity contribution is 4.99. The molecule has 0 radical (unpaired) electrons. The van der Waals surface area contributed by atoms with Crippen molar-refractivity contribution >= 4 is 0 Å². The van der Waals surface area contributed by atoms with Gasteiger partial charge >= 0.3 is 0 Å². The average Bonchev–Trinajstić information content (AvgIpc) is 2.01. The number of piperidine rings is 1. The predicted molar refractivity (Wildman–Crippen MR) is 62.0 cm³/mol. The standard InChI is InChI=1S/C12H24N2/c1-10(8-12(2,3)4)14-7-5-6-11(13)9-14/h11H,1,5-9,13H2,2-4H3. The predicted octanol–water partition coefficient (Wildman–Crippen LogP) is 2.36. The van der Waals surface area contributed by atoms with Crippen LogP contribution in [0.5, 0.6) is 0 Å². The minimum absolute atomic E-state index is 0.332. The van der Waals surface area contributed by atoms with Crippen molar-refractivity contribution in [2.24, 2.45) is 11.1 Å². The van der Waals surface area contributed by atoms with Crippen molar-refractivity contribution in [1.29, 1.82) is 0 Å². The summed E-state index contributed by atoms with van der Waals surface area (Å²) in [5.74, 6) is 0. The molecule has 1 aliphatic rings. The van der Waals surface area contributed by atoms with Gasteiger partial charge in [0.15, 0.2) is 0 Å². The van der Waals surface area contributed by atoms with E-state index < -0.39 is 0 Å². The smallest absolute Gasteiger partial charge is 0.0326 e. The first kappa shape index (κ1) is 11.6. The SMILES string of the molecule is C=C(CC(C)(C)C)N1CCCC(N)C1. The molecule has 0 bridgehead atoms. The van der Waals surface area contributed by atoms with Crippen LogP contribution in [0.25, 0.3) is 0 Å². The van der Waals surface area contributed by atoms with Gasteiger partial charge in [-0.3, -0.25) is 0 Å². The maximum Gasteiger partial charge on any atom is 0.0326 e. The second-order valence-corrected chi connectivity index (χ2v) is 5.65. The van der Waals surface area contributed by atoms with Crippen LogP contribution in [0.4, 0.5) is 0 Å². The van der Waals surface area contributed by atoms with Crippen molar-refractivity contribution in [2.45, 2.75) is 46.1 Å². The Balaban J connectivity index is 2.44. The Morgan fingerprint density at radius 1 is 1.50 bits per heavy atom. The number of rotatable bonds is 2. The highest BCUT2D eigenvalue weighted by Crippen LogP contribution is 2.26. The van der Waals surface area contributed by atoms with Crippen molar-refractivity contribution in [3.05, 3.63) is 12.3 Å². The molecule has 1 fully saturated rings. The zero-order valence-corrected chi connectivity index (χ0v) is 9.84. The average molecular weight is 196 g/mol. The van der Waals surface area contributed by atoms with Crippen molar-refractivity contribution < 1.29 is 0 Å². The number of hydrogen-bond acceptors (Lipinski definition) is 2. The summed E-state index contributed by atoms with van der Waals surface area (Å²) in [6, 6.07) is 0.348. The molecule has 0 aromatic heterocycles. The largest absolute Gasteiger partial charge is 0.374 e. The summed E-state index contributed by atoms with van der Waals surface area (Å²) in [4.78, 5) is 2.36. The Morgan fingerprint density at radius 3 is 2.64 bits per heavy atom. The van der Waals surface area contributed by atoms with Crippen molar-refractivity contribution in [3.8, 4) is 0 Å². The molecule has 0 saturated carbocycles. The third-order valence-electron chi connectivity index (χ3n) is 2.64. The molecule has 2 nitrogen and oxygen atoms in total. The summed E-state index contributed by atoms with van der Waals surface area (Å²) in [6.07, 6.45) is 3.45. The lowest BCUT2D eigenvalue weighted by molar-refractivity contribution is 0.233. The van der Waals surface area contributed by atoms with E-state index in [1.54, 1.807) is 0 Å². The zero-order chi connectivity index (χ0) is 10.8. The van der Waals surface area contributed by atoms with E-state index in [4.69, 9.17) is 5.73 Å². The Hall–Kier alpha value is -0.500. The number of nitrogens with two attached hydrogens (primary N) is 1. The highest BCUT2D eigenvalue weighted by atomic mass is 15.2. The van der Waals surface area contributed by atoms with E-state index in [0.717, 1.165) is 19.5 Å². The molecule has 0 spiro atoms. The van der Waals surface area contributed by atoms with E-state index in [1.807, 2.05) is 0 Å². The normalized spacial score (nSPS) is 23.7. The van der Waals surface area contributed by atoms with Crippen LogP contribution in [0.15, 0.2) is 12.3 Å². The first-order valence-corrected chi connectivity index (χ1v) is 5.57. The minimum atomic E-state index is 0.332. The Kier molecular flexibility index (Phi) is 3.59. The molecule has 1 saturated heterocycles. The molecule has 0 aromatic rings. The van der Waals surface area contributed by atoms with Gasteiger partial charge in [0, 0.05) is 24.8 Å². The third-order valence-corrected chi connectivity index (χ3v) is 2.64. The molecule has 82 valence electrons. The van der Waals surface area contributed by atoms with Crippen molar-refractivity contribution in [3.63, 3.8) is 0 Å². The molecule has 14 heavy (non-hydrogen) atoms. The van der Waals surface area contributed by atoms with Gasteiger partial charge in [0.2, 0.25) is 0 Å². The molecule has 0 aromatic carbocycles. The molecule has 1 atom stereocenters. The molecular formula is C12H24N2. The maximum absolute atomic E-state index is 5.94. The number of nitrogens with zero attached hydrogens (tertiary/aromatic N) is 1. The summed E-state index contributed by atoms with van der Waals surface area (Å²) in [5.41, 5.74) is 7.53. The molecule has 2 heteroatoms. The second-order valence-electron chi connectivity index (χ2n) is 5.65. The van der Waals surface area contributed by atoms with E-state index in [2.05, 4.69) is 32.3 Å². The molecule has 2 N–H and O–H groups in total. The van der Waals surface area contributed by atoms with Gasteiger partial charge in [-0.1, -0.05) is 27.4 Å². The van der Waals surface area contributed by atoms with Gasteiger partial charge in [-0.05, 0) is 24.7 Å². The summed E-state index contributed by atoms with van der Waals surface area (Å²) in [6.45, 7) is 13.1. The monoisotopic (exact) mass is 196 g/mol. The van der Waals surface area contributed by atoms with Crippen LogP contribution in [0.1, 0.15) is 40.0 Å². The van der Waals surface area contributed by atoms with Crippen LogP contribution >= 0.6 is 0 Å². The summed E-state index contributed by atoms with van der Waals surface area (Å²) >= 11 is 0. The lowest BCUT2D eigenvalue weighted by atomic mass is 9.90. The topological polar surface area (TPSA) is 29.3 Å². The fraction of sp³-hybridized carbons (Fsp3) is 0.833. The van der Waals surface area contributed by atoms with Crippen LogP contribution < -0.4 is 5.73 Å². The quantitative estimate of drug-likeness (QED) is 0.734. The van der Waals surface area contributed by atoms with Crippen molar-refractivity contribution in [1.82, 2.24) is 4.90 Å². The second kappa shape index (κ2) is 4.35. The lowest BCUT2D eigenvalue weighted by Crippen LogP contribution is -2.42. The summed E-state index contributed by atoms with van der Waals surface area (Å²) in [7, 11) is 0. The molecule has 0 aliphatic carbocycles. The summed E-state index contributed by atoms with van der Waals surface area (Å²) < 4.78 is 0. The van der Waals surface area contributed by atoms with Gasteiger partial charge in [0.05, 0.1) is 0 Å². The molecule has 1 rings (SSSR count). The molecule has 1 unspecified atom stereocenters. The fourth-order valence-corrected chi connectivity index (χ4v) is 2.02. The van der Waals surface area contributed by atoms with E-state index in [-0.39, 0.29) is 0 Å². The fourth-order valence-electron chi connectivity index (χ4n) is 2.02. The van der Waals surface area contributed by atoms with Gasteiger partial charge in [-0.25, -0.2) is 0 Å². The van der Waals surface area contributed by atoms with E-state index in [1.165, 1.54) is 18.5 Å². The minimum Gasteiger partial charge on any atom is -0.374 e. The van der Waals surface area contributed by atoms with Gasteiger partial charge in [-0.2, -0.15) is 0 Å². The number of likely N-dealkylation sites (tertiary alicyclic amines) is 1. The van der Waals surface area contributed by atoms with Gasteiger partial charge < -0.3 is 10.6 Å². The van der Waals surface area contributed by atoms with Crippen LogP contribution in [0.3, 0.4) is 0 Å². The van der Waals surface area contributed by atoms with Crippen LogP contribution in [-0.4, -0.2) is 24.0 Å². The maximum atomic E-state index is 5.94. The van der Waals surface area contributed by atoms with E-state index in [9.17, 15) is 0 Å². The first-order chi connectivity index (χ1) is 6.38. The number of allylic oxidation sites excluding steroid dienone is 1. The number of hydrogen-bond donors (Lipinski definition) is 1. The Bertz CT molecular complexity index is 203. The third kappa shape index (κ3) is 3.70. The van der Waals surface area contributed by atoms with Crippen LogP contribution in [-0.2, 0) is 0 Å². The van der Waals surface area contributed by atoms with Gasteiger partial charge in [0.25, 0.3) is 0 Å². The molecule has 1 aliphatic heterocycles. The Labute approximate surface area is 88.2 Å². The van der Waals surface area contributed by atoms with Crippen LogP contribution in [0, 0.1) is 5.41 Å². The highest BCUT2D eigenvalue weighted by Gasteiger charge is 2.20. The van der Waals surface area contributed by atoms with Gasteiger partial charge in [-0.15, -0.1) is 0 Å². The van der Waals surface area contributed by atoms with Gasteiger partial charge in [0.1, 0.15) is 0 Å². The Morgan fingerprint density at radius 2 is 2.14 bits per heavy atom. The van der Waals surface area contributed by atoms with E-state index in [0.29, 0.717) is 11.5 Å². The summed E-state index contributed by atoms with van der Waals surface area (Å²) in [5, 5.41) is 0. The molecule has 1 heterocycles. The lowest BCUT2D eigenvalue weighted by Gasteiger charge is -2.36. The van der Waals surface area contributed by atoms with E-state index >= 15 is 0 Å². The van der Waals surface area contributed by atoms with Crippen LogP contribution in [0.2, 0.25) is 0 Å².